The van der Waals surface area contributed by atoms with Crippen LogP contribution in [0, 0.1) is 0 Å². The Kier molecular flexibility index (Phi) is 3.91. The van der Waals surface area contributed by atoms with E-state index in [1.807, 2.05) is 37.4 Å². The first-order valence-electron chi connectivity index (χ1n) is 8.10. The number of nitrogens with one attached hydrogen (secondary N) is 1. The summed E-state index contributed by atoms with van der Waals surface area (Å²) >= 11 is 0. The second kappa shape index (κ2) is 6.23. The molecule has 3 N–H and O–H groups in total. The zero-order chi connectivity index (χ0) is 17.4. The number of aliphatic hydroxyl groups excluding tert-OH is 2. The van der Waals surface area contributed by atoms with Gasteiger partial charge in [0.2, 0.25) is 0 Å². The Morgan fingerprint density at radius 2 is 2.16 bits per heavy atom. The van der Waals surface area contributed by atoms with Crippen molar-refractivity contribution in [1.29, 1.82) is 0 Å². The highest BCUT2D eigenvalue weighted by Crippen LogP contribution is 2.33. The number of hydrogen-bond donors (Lipinski definition) is 3. The molecule has 128 valence electrons. The van der Waals surface area contributed by atoms with Gasteiger partial charge in [-0.25, -0.2) is 4.98 Å². The summed E-state index contributed by atoms with van der Waals surface area (Å²) in [5.74, 6) is 0.654. The van der Waals surface area contributed by atoms with Crippen LogP contribution in [0.25, 0.3) is 33.2 Å². The summed E-state index contributed by atoms with van der Waals surface area (Å²) in [6.07, 6.45) is 2.96. The van der Waals surface area contributed by atoms with Crippen molar-refractivity contribution < 1.29 is 14.9 Å². The minimum Gasteiger partial charge on any atom is -0.491 e. The zero-order valence-corrected chi connectivity index (χ0v) is 13.8. The number of aromatic nitrogens is 3. The van der Waals surface area contributed by atoms with E-state index in [4.69, 9.17) is 9.84 Å². The SMILES string of the molecule is Cn1cc(-c2cc3cccnc3[nH]2)c2cc(OC[C@@H](O)CO)ccc21. The highest BCUT2D eigenvalue weighted by Gasteiger charge is 2.13. The van der Waals surface area contributed by atoms with E-state index in [1.54, 1.807) is 6.20 Å². The molecule has 25 heavy (non-hydrogen) atoms. The molecule has 0 amide bonds. The molecule has 0 saturated heterocycles. The van der Waals surface area contributed by atoms with Crippen LogP contribution in [-0.4, -0.2) is 44.1 Å². The first kappa shape index (κ1) is 15.7. The lowest BCUT2D eigenvalue weighted by molar-refractivity contribution is 0.0536. The summed E-state index contributed by atoms with van der Waals surface area (Å²) < 4.78 is 7.65. The summed E-state index contributed by atoms with van der Waals surface area (Å²) in [5.41, 5.74) is 3.99. The van der Waals surface area contributed by atoms with Crippen molar-refractivity contribution in [2.24, 2.45) is 7.05 Å². The van der Waals surface area contributed by atoms with Gasteiger partial charge in [0, 0.05) is 47.0 Å². The number of nitrogens with zero attached hydrogens (tertiary/aromatic N) is 2. The summed E-state index contributed by atoms with van der Waals surface area (Å²) in [5, 5.41) is 20.5. The Morgan fingerprint density at radius 3 is 2.96 bits per heavy atom. The van der Waals surface area contributed by atoms with Crippen molar-refractivity contribution in [3.05, 3.63) is 48.8 Å². The highest BCUT2D eigenvalue weighted by molar-refractivity contribution is 5.98. The minimum absolute atomic E-state index is 0.0560. The van der Waals surface area contributed by atoms with Gasteiger partial charge in [0.15, 0.2) is 0 Å². The lowest BCUT2D eigenvalue weighted by Crippen LogP contribution is -2.21. The molecule has 3 heterocycles. The van der Waals surface area contributed by atoms with Crippen LogP contribution in [-0.2, 0) is 7.05 Å². The number of pyridine rings is 1. The Balaban J connectivity index is 1.77. The second-order valence-electron chi connectivity index (χ2n) is 6.10. The molecule has 0 saturated carbocycles. The Morgan fingerprint density at radius 1 is 1.28 bits per heavy atom. The van der Waals surface area contributed by atoms with Crippen LogP contribution in [0.5, 0.6) is 5.75 Å². The Bertz CT molecular complexity index is 1000. The van der Waals surface area contributed by atoms with Crippen molar-refractivity contribution in [2.75, 3.05) is 13.2 Å². The molecule has 4 aromatic rings. The number of rotatable bonds is 5. The molecule has 3 aromatic heterocycles. The number of hydrogen-bond acceptors (Lipinski definition) is 4. The molecule has 0 spiro atoms. The van der Waals surface area contributed by atoms with Crippen LogP contribution in [0.3, 0.4) is 0 Å². The van der Waals surface area contributed by atoms with E-state index in [0.29, 0.717) is 5.75 Å². The van der Waals surface area contributed by atoms with Gasteiger partial charge >= 0.3 is 0 Å². The summed E-state index contributed by atoms with van der Waals surface area (Å²) in [7, 11) is 2.00. The van der Waals surface area contributed by atoms with E-state index in [-0.39, 0.29) is 13.2 Å². The van der Waals surface area contributed by atoms with Crippen molar-refractivity contribution in [2.45, 2.75) is 6.10 Å². The third kappa shape index (κ3) is 2.86. The van der Waals surface area contributed by atoms with Crippen molar-refractivity contribution >= 4 is 21.9 Å². The molecule has 0 aliphatic carbocycles. The third-order valence-corrected chi connectivity index (χ3v) is 4.30. The van der Waals surface area contributed by atoms with Crippen LogP contribution < -0.4 is 4.74 Å². The summed E-state index contributed by atoms with van der Waals surface area (Å²) in [6.45, 7) is -0.263. The smallest absolute Gasteiger partial charge is 0.137 e. The van der Waals surface area contributed by atoms with Gasteiger partial charge in [-0.2, -0.15) is 0 Å². The average Bonchev–Trinajstić information content (AvgIpc) is 3.20. The summed E-state index contributed by atoms with van der Waals surface area (Å²) in [4.78, 5) is 7.71. The standard InChI is InChI=1S/C19H19N3O3/c1-22-9-16(17-7-12-3-2-6-20-19(12)21-17)15-8-14(4-5-18(15)22)25-11-13(24)10-23/h2-9,13,23-24H,10-11H2,1H3,(H,20,21)/t13-/m0/s1. The van der Waals surface area contributed by atoms with Crippen molar-refractivity contribution in [1.82, 2.24) is 14.5 Å². The molecule has 0 bridgehead atoms. The van der Waals surface area contributed by atoms with E-state index in [2.05, 4.69) is 26.8 Å². The maximum atomic E-state index is 9.46. The van der Waals surface area contributed by atoms with Crippen molar-refractivity contribution in [3.8, 4) is 17.0 Å². The van der Waals surface area contributed by atoms with Crippen molar-refractivity contribution in [3.63, 3.8) is 0 Å². The minimum atomic E-state index is -0.884. The second-order valence-corrected chi connectivity index (χ2v) is 6.10. The van der Waals surface area contributed by atoms with Gasteiger partial charge in [-0.3, -0.25) is 0 Å². The molecule has 0 aliphatic heterocycles. The van der Waals surface area contributed by atoms with Gasteiger partial charge in [-0.05, 0) is 36.4 Å². The fourth-order valence-corrected chi connectivity index (χ4v) is 3.02. The molecule has 1 aromatic carbocycles. The van der Waals surface area contributed by atoms with Gasteiger partial charge in [0.05, 0.1) is 6.61 Å². The van der Waals surface area contributed by atoms with E-state index in [1.165, 1.54) is 0 Å². The number of H-pyrrole nitrogens is 1. The van der Waals surface area contributed by atoms with Gasteiger partial charge in [-0.1, -0.05) is 0 Å². The number of benzene rings is 1. The first-order chi connectivity index (χ1) is 12.2. The van der Waals surface area contributed by atoms with Gasteiger partial charge < -0.3 is 24.5 Å². The fourth-order valence-electron chi connectivity index (χ4n) is 3.02. The van der Waals surface area contributed by atoms with E-state index >= 15 is 0 Å². The molecule has 0 unspecified atom stereocenters. The molecule has 6 heteroatoms. The summed E-state index contributed by atoms with van der Waals surface area (Å²) in [6, 6.07) is 11.8. The number of fused-ring (bicyclic) bond motifs is 2. The number of ether oxygens (including phenoxy) is 1. The maximum absolute atomic E-state index is 9.46. The normalized spacial score (nSPS) is 12.8. The lowest BCUT2D eigenvalue weighted by Gasteiger charge is -2.10. The molecule has 6 nitrogen and oxygen atoms in total. The van der Waals surface area contributed by atoms with Crippen LogP contribution in [0.1, 0.15) is 0 Å². The Hall–Kier alpha value is -2.83. The maximum Gasteiger partial charge on any atom is 0.137 e. The van der Waals surface area contributed by atoms with Gasteiger partial charge in [-0.15, -0.1) is 0 Å². The molecular formula is C19H19N3O3. The first-order valence-corrected chi connectivity index (χ1v) is 8.10. The van der Waals surface area contributed by atoms with E-state index in [9.17, 15) is 5.11 Å². The molecule has 1 atom stereocenters. The monoisotopic (exact) mass is 337 g/mol. The van der Waals surface area contributed by atoms with Crippen LogP contribution in [0.4, 0.5) is 0 Å². The van der Waals surface area contributed by atoms with E-state index < -0.39 is 6.10 Å². The van der Waals surface area contributed by atoms with Gasteiger partial charge in [0.25, 0.3) is 0 Å². The molecule has 0 radical (unpaired) electrons. The molecule has 0 fully saturated rings. The Labute approximate surface area is 144 Å². The van der Waals surface area contributed by atoms with Crippen LogP contribution in [0.15, 0.2) is 48.8 Å². The zero-order valence-electron chi connectivity index (χ0n) is 13.8. The average molecular weight is 337 g/mol. The molecule has 4 rings (SSSR count). The molecular weight excluding hydrogens is 318 g/mol. The van der Waals surface area contributed by atoms with Crippen LogP contribution >= 0.6 is 0 Å². The van der Waals surface area contributed by atoms with E-state index in [0.717, 1.165) is 33.2 Å². The third-order valence-electron chi connectivity index (χ3n) is 4.30. The van der Waals surface area contributed by atoms with Gasteiger partial charge in [0.1, 0.15) is 24.1 Å². The highest BCUT2D eigenvalue weighted by atomic mass is 16.5. The lowest BCUT2D eigenvalue weighted by atomic mass is 10.1. The topological polar surface area (TPSA) is 83.3 Å². The number of aliphatic hydroxyl groups is 2. The molecule has 0 aliphatic rings. The quantitative estimate of drug-likeness (QED) is 0.522. The fraction of sp³-hybridized carbons (Fsp3) is 0.211. The predicted molar refractivity (Wildman–Crippen MR) is 96.6 cm³/mol. The number of aromatic amines is 1. The number of aryl methyl sites for hydroxylation is 1. The predicted octanol–water partition coefficient (Wildman–Crippen LogP) is 2.45. The largest absolute Gasteiger partial charge is 0.491 e. The van der Waals surface area contributed by atoms with Crippen LogP contribution in [0.2, 0.25) is 0 Å².